The van der Waals surface area contributed by atoms with E-state index in [1.165, 1.54) is 5.69 Å². The van der Waals surface area contributed by atoms with E-state index >= 15 is 0 Å². The van der Waals surface area contributed by atoms with Gasteiger partial charge in [-0.3, -0.25) is 0 Å². The average molecular weight is 287 g/mol. The molecule has 2 N–H and O–H groups in total. The van der Waals surface area contributed by atoms with Crippen molar-refractivity contribution in [2.45, 2.75) is 44.2 Å². The molecule has 0 amide bonds. The minimum atomic E-state index is -0.573. The average Bonchev–Trinajstić information content (AvgIpc) is 2.55. The highest BCUT2D eigenvalue weighted by molar-refractivity contribution is 5.47. The maximum absolute atomic E-state index is 9.41. The molecule has 0 saturated heterocycles. The van der Waals surface area contributed by atoms with Gasteiger partial charge in [-0.2, -0.15) is 5.26 Å². The van der Waals surface area contributed by atoms with E-state index in [2.05, 4.69) is 35.2 Å². The van der Waals surface area contributed by atoms with Crippen LogP contribution >= 0.6 is 0 Å². The third kappa shape index (κ3) is 3.75. The number of hydrogen-bond acceptors (Lipinski definition) is 4. The van der Waals surface area contributed by atoms with Gasteiger partial charge in [0, 0.05) is 31.4 Å². The second kappa shape index (κ2) is 7.44. The third-order valence-electron chi connectivity index (χ3n) is 4.29. The molecule has 0 radical (unpaired) electrons. The van der Waals surface area contributed by atoms with Gasteiger partial charge in [-0.25, -0.2) is 0 Å². The molecule has 1 fully saturated rings. The number of nitriles is 1. The Bertz CT molecular complexity index is 461. The van der Waals surface area contributed by atoms with Gasteiger partial charge in [-0.15, -0.1) is 0 Å². The highest BCUT2D eigenvalue weighted by atomic mass is 16.5. The lowest BCUT2D eigenvalue weighted by molar-refractivity contribution is -0.0241. The van der Waals surface area contributed by atoms with Crippen LogP contribution in [0.4, 0.5) is 5.69 Å². The lowest BCUT2D eigenvalue weighted by Crippen LogP contribution is -2.46. The topological polar surface area (TPSA) is 62.3 Å². The van der Waals surface area contributed by atoms with Crippen LogP contribution in [0.5, 0.6) is 0 Å². The van der Waals surface area contributed by atoms with E-state index in [1.54, 1.807) is 0 Å². The molecule has 2 rings (SSSR count). The van der Waals surface area contributed by atoms with Gasteiger partial charge in [0.15, 0.2) is 5.60 Å². The Morgan fingerprint density at radius 3 is 2.52 bits per heavy atom. The van der Waals surface area contributed by atoms with Crippen LogP contribution < -0.4 is 10.6 Å². The van der Waals surface area contributed by atoms with Crippen LogP contribution in [0.2, 0.25) is 0 Å². The fourth-order valence-corrected chi connectivity index (χ4v) is 3.23. The van der Waals surface area contributed by atoms with E-state index in [4.69, 9.17) is 10.5 Å². The molecule has 21 heavy (non-hydrogen) atoms. The van der Waals surface area contributed by atoms with Crippen molar-refractivity contribution in [3.63, 3.8) is 0 Å². The monoisotopic (exact) mass is 287 g/mol. The molecule has 0 heterocycles. The van der Waals surface area contributed by atoms with Crippen molar-refractivity contribution in [2.24, 2.45) is 5.73 Å². The molecule has 0 spiro atoms. The molecule has 0 bridgehead atoms. The van der Waals surface area contributed by atoms with Gasteiger partial charge < -0.3 is 15.4 Å². The minimum absolute atomic E-state index is 0.442. The molecule has 1 aromatic carbocycles. The summed E-state index contributed by atoms with van der Waals surface area (Å²) in [5, 5.41) is 9.41. The quantitative estimate of drug-likeness (QED) is 0.874. The maximum atomic E-state index is 9.41. The molecule has 0 aliphatic heterocycles. The summed E-state index contributed by atoms with van der Waals surface area (Å²) in [4.78, 5) is 2.38. The molecular weight excluding hydrogens is 262 g/mol. The Hall–Kier alpha value is -1.57. The van der Waals surface area contributed by atoms with Crippen molar-refractivity contribution in [3.8, 4) is 6.07 Å². The van der Waals surface area contributed by atoms with E-state index in [-0.39, 0.29) is 0 Å². The molecule has 1 aliphatic carbocycles. The first-order valence-corrected chi connectivity index (χ1v) is 7.81. The van der Waals surface area contributed by atoms with Crippen molar-refractivity contribution in [1.29, 1.82) is 5.26 Å². The number of nitrogens with two attached hydrogens (primary N) is 1. The summed E-state index contributed by atoms with van der Waals surface area (Å²) in [7, 11) is 0. The van der Waals surface area contributed by atoms with Crippen LogP contribution in [0.25, 0.3) is 0 Å². The zero-order chi connectivity index (χ0) is 15.1. The van der Waals surface area contributed by atoms with Gasteiger partial charge in [0.05, 0.1) is 6.07 Å². The van der Waals surface area contributed by atoms with Crippen LogP contribution in [0, 0.1) is 11.3 Å². The van der Waals surface area contributed by atoms with Gasteiger partial charge in [-0.1, -0.05) is 18.2 Å². The van der Waals surface area contributed by atoms with E-state index in [0.29, 0.717) is 19.2 Å². The fourth-order valence-electron chi connectivity index (χ4n) is 3.23. The fraction of sp³-hybridized carbons (Fsp3) is 0.588. The zero-order valence-electron chi connectivity index (χ0n) is 12.8. The summed E-state index contributed by atoms with van der Waals surface area (Å²) in [6, 6.07) is 13.2. The Morgan fingerprint density at radius 2 is 2.00 bits per heavy atom. The Kier molecular flexibility index (Phi) is 5.60. The molecule has 1 aromatic rings. The summed E-state index contributed by atoms with van der Waals surface area (Å²) in [6.07, 6.45) is 3.55. The summed E-state index contributed by atoms with van der Waals surface area (Å²) < 4.78 is 5.71. The van der Waals surface area contributed by atoms with Gasteiger partial charge in [-0.05, 0) is 44.7 Å². The van der Waals surface area contributed by atoms with Crippen LogP contribution in [0.15, 0.2) is 30.3 Å². The van der Waals surface area contributed by atoms with Crippen molar-refractivity contribution >= 4 is 5.69 Å². The van der Waals surface area contributed by atoms with E-state index in [1.807, 2.05) is 13.0 Å². The molecule has 114 valence electrons. The van der Waals surface area contributed by atoms with Crippen molar-refractivity contribution < 1.29 is 4.74 Å². The number of hydrogen-bond donors (Lipinski definition) is 1. The molecule has 4 heteroatoms. The van der Waals surface area contributed by atoms with Gasteiger partial charge in [0.1, 0.15) is 0 Å². The number of benzene rings is 1. The number of rotatable bonds is 6. The van der Waals surface area contributed by atoms with Crippen LogP contribution in [-0.4, -0.2) is 31.3 Å². The van der Waals surface area contributed by atoms with Crippen LogP contribution in [0.3, 0.4) is 0 Å². The lowest BCUT2D eigenvalue weighted by Gasteiger charge is -2.41. The minimum Gasteiger partial charge on any atom is -0.367 e. The molecule has 0 atom stereocenters. The first-order valence-electron chi connectivity index (χ1n) is 7.81. The van der Waals surface area contributed by atoms with Crippen molar-refractivity contribution in [3.05, 3.63) is 30.3 Å². The smallest absolute Gasteiger partial charge is 0.154 e. The van der Waals surface area contributed by atoms with Crippen LogP contribution in [-0.2, 0) is 4.74 Å². The van der Waals surface area contributed by atoms with E-state index in [9.17, 15) is 5.26 Å². The van der Waals surface area contributed by atoms with Crippen molar-refractivity contribution in [2.75, 3.05) is 24.6 Å². The molecule has 4 nitrogen and oxygen atoms in total. The molecule has 0 unspecified atom stereocenters. The van der Waals surface area contributed by atoms with Gasteiger partial charge in [0.2, 0.25) is 0 Å². The molecule has 1 aliphatic rings. The largest absolute Gasteiger partial charge is 0.367 e. The number of anilines is 1. The first-order chi connectivity index (χ1) is 10.2. The Balaban J connectivity index is 2.06. The predicted octanol–water partition coefficient (Wildman–Crippen LogP) is 2.69. The van der Waals surface area contributed by atoms with E-state index < -0.39 is 5.60 Å². The van der Waals surface area contributed by atoms with Gasteiger partial charge >= 0.3 is 0 Å². The van der Waals surface area contributed by atoms with Crippen LogP contribution in [0.1, 0.15) is 32.6 Å². The summed E-state index contributed by atoms with van der Waals surface area (Å²) in [6.45, 7) is 4.04. The predicted molar refractivity (Wildman–Crippen MR) is 85.1 cm³/mol. The maximum Gasteiger partial charge on any atom is 0.154 e. The first kappa shape index (κ1) is 15.8. The van der Waals surface area contributed by atoms with Gasteiger partial charge in [0.25, 0.3) is 0 Å². The summed E-state index contributed by atoms with van der Waals surface area (Å²) in [5.41, 5.74) is 6.43. The normalized spacial score (nSPS) is 25.3. The Morgan fingerprint density at radius 1 is 1.33 bits per heavy atom. The Labute approximate surface area is 127 Å². The summed E-state index contributed by atoms with van der Waals surface area (Å²) >= 11 is 0. The second-order valence-corrected chi connectivity index (χ2v) is 5.59. The summed E-state index contributed by atoms with van der Waals surface area (Å²) in [5.74, 6) is 0. The highest BCUT2D eigenvalue weighted by Crippen LogP contribution is 2.35. The van der Waals surface area contributed by atoms with E-state index in [0.717, 1.165) is 32.2 Å². The number of ether oxygens (including phenoxy) is 1. The standard InChI is InChI=1S/C17H25N3O/c1-2-21-17(14-19)10-8-16(9-11-17)20(13-12-18)15-6-4-3-5-7-15/h3-7,16H,2,8-13,18H2,1H3. The SMILES string of the molecule is CCOC1(C#N)CCC(N(CCN)c2ccccc2)CC1. The third-order valence-corrected chi connectivity index (χ3v) is 4.29. The highest BCUT2D eigenvalue weighted by Gasteiger charge is 2.37. The second-order valence-electron chi connectivity index (χ2n) is 5.59. The lowest BCUT2D eigenvalue weighted by atomic mass is 9.82. The number of para-hydroxylation sites is 1. The molecule has 0 aromatic heterocycles. The zero-order valence-corrected chi connectivity index (χ0v) is 12.8. The van der Waals surface area contributed by atoms with Crippen molar-refractivity contribution in [1.82, 2.24) is 0 Å². The number of nitrogens with zero attached hydrogens (tertiary/aromatic N) is 2. The molecule has 1 saturated carbocycles. The molecular formula is C17H25N3O.